The van der Waals surface area contributed by atoms with Gasteiger partial charge in [0.1, 0.15) is 0 Å². The first-order chi connectivity index (χ1) is 15.1. The molecular weight excluding hydrogens is 384 g/mol. The first kappa shape index (κ1) is 22.8. The van der Waals surface area contributed by atoms with E-state index in [0.717, 1.165) is 50.4 Å². The normalized spacial score (nSPS) is 29.0. The molecule has 0 aromatic heterocycles. The van der Waals surface area contributed by atoms with Crippen LogP contribution < -0.4 is 5.32 Å². The molecule has 3 fully saturated rings. The second kappa shape index (κ2) is 10.9. The van der Waals surface area contributed by atoms with Crippen LogP contribution in [0.1, 0.15) is 50.5 Å². The first-order valence-electron chi connectivity index (χ1n) is 12.6. The molecule has 3 aliphatic rings. The van der Waals surface area contributed by atoms with E-state index in [-0.39, 0.29) is 5.91 Å². The van der Waals surface area contributed by atoms with E-state index in [9.17, 15) is 4.79 Å². The van der Waals surface area contributed by atoms with Crippen molar-refractivity contribution in [1.82, 2.24) is 20.0 Å². The summed E-state index contributed by atoms with van der Waals surface area (Å²) in [5, 5.41) is 3.09. The molecule has 3 aliphatic heterocycles. The van der Waals surface area contributed by atoms with Crippen LogP contribution in [-0.2, 0) is 11.3 Å². The molecule has 0 radical (unpaired) electrons. The number of hydrogen-bond acceptors (Lipinski definition) is 4. The van der Waals surface area contributed by atoms with Gasteiger partial charge < -0.3 is 10.2 Å². The molecule has 1 aromatic carbocycles. The second-order valence-corrected chi connectivity index (χ2v) is 10.3. The molecule has 0 spiro atoms. The van der Waals surface area contributed by atoms with Crippen LogP contribution >= 0.6 is 0 Å². The molecule has 3 heterocycles. The van der Waals surface area contributed by atoms with Gasteiger partial charge in [-0.3, -0.25) is 14.6 Å². The van der Waals surface area contributed by atoms with Gasteiger partial charge in [0.2, 0.25) is 5.91 Å². The Balaban J connectivity index is 1.40. The van der Waals surface area contributed by atoms with Gasteiger partial charge in [0.05, 0.1) is 0 Å². The third-order valence-electron chi connectivity index (χ3n) is 7.79. The maximum Gasteiger partial charge on any atom is 0.220 e. The molecule has 5 nitrogen and oxygen atoms in total. The molecule has 3 saturated heterocycles. The predicted octanol–water partition coefficient (Wildman–Crippen LogP) is 3.21. The Morgan fingerprint density at radius 3 is 2.68 bits per heavy atom. The molecule has 1 aromatic rings. The van der Waals surface area contributed by atoms with E-state index < -0.39 is 0 Å². The summed E-state index contributed by atoms with van der Waals surface area (Å²) in [4.78, 5) is 20.1. The SMILES string of the molecule is CN(C)CCNC(=O)CCC[C@@H]1[C@H]2CCCN3CCC[C@@H](CN1Cc1ccccc1)[C@@H]23. The Morgan fingerprint density at radius 1 is 1.13 bits per heavy atom. The molecule has 0 aliphatic carbocycles. The minimum atomic E-state index is 0.216. The van der Waals surface area contributed by atoms with Crippen LogP contribution in [0.5, 0.6) is 0 Å². The Bertz CT molecular complexity index is 692. The zero-order valence-corrected chi connectivity index (χ0v) is 19.6. The van der Waals surface area contributed by atoms with E-state index in [4.69, 9.17) is 0 Å². The van der Waals surface area contributed by atoms with Crippen molar-refractivity contribution in [2.75, 3.05) is 46.8 Å². The topological polar surface area (TPSA) is 38.8 Å². The van der Waals surface area contributed by atoms with E-state index in [2.05, 4.69) is 50.3 Å². The molecule has 1 N–H and O–H groups in total. The molecule has 5 heteroatoms. The van der Waals surface area contributed by atoms with Crippen LogP contribution in [0.4, 0.5) is 0 Å². The van der Waals surface area contributed by atoms with E-state index in [1.807, 2.05) is 14.1 Å². The predicted molar refractivity (Wildman–Crippen MR) is 127 cm³/mol. The highest BCUT2D eigenvalue weighted by atomic mass is 16.1. The van der Waals surface area contributed by atoms with Crippen LogP contribution in [0.15, 0.2) is 30.3 Å². The number of benzene rings is 1. The van der Waals surface area contributed by atoms with Crippen molar-refractivity contribution < 1.29 is 4.79 Å². The molecule has 4 atom stereocenters. The molecule has 1 amide bonds. The Labute approximate surface area is 189 Å². The minimum absolute atomic E-state index is 0.216. The van der Waals surface area contributed by atoms with E-state index in [0.29, 0.717) is 12.5 Å². The van der Waals surface area contributed by atoms with Gasteiger partial charge >= 0.3 is 0 Å². The van der Waals surface area contributed by atoms with E-state index in [1.54, 1.807) is 0 Å². The van der Waals surface area contributed by atoms with Gasteiger partial charge in [-0.05, 0) is 83.1 Å². The van der Waals surface area contributed by atoms with Crippen molar-refractivity contribution >= 4 is 5.91 Å². The lowest BCUT2D eigenvalue weighted by Gasteiger charge is -2.57. The van der Waals surface area contributed by atoms with E-state index in [1.165, 1.54) is 50.9 Å². The average Bonchev–Trinajstić information content (AvgIpc) is 2.76. The number of carbonyl (C=O) groups excluding carboxylic acids is 1. The van der Waals surface area contributed by atoms with Gasteiger partial charge in [0, 0.05) is 44.7 Å². The van der Waals surface area contributed by atoms with Gasteiger partial charge in [0.25, 0.3) is 0 Å². The summed E-state index contributed by atoms with van der Waals surface area (Å²) < 4.78 is 0. The van der Waals surface area contributed by atoms with Gasteiger partial charge in [0.15, 0.2) is 0 Å². The fourth-order valence-electron chi connectivity index (χ4n) is 6.46. The number of nitrogens with zero attached hydrogens (tertiary/aromatic N) is 3. The fraction of sp³-hybridized carbons (Fsp3) is 0.731. The molecule has 4 rings (SSSR count). The highest BCUT2D eigenvalue weighted by Gasteiger charge is 2.48. The second-order valence-electron chi connectivity index (χ2n) is 10.3. The molecular formula is C26H42N4O. The monoisotopic (exact) mass is 426 g/mol. The summed E-state index contributed by atoms with van der Waals surface area (Å²) in [6.45, 7) is 6.54. The van der Waals surface area contributed by atoms with Crippen molar-refractivity contribution in [2.45, 2.75) is 63.6 Å². The summed E-state index contributed by atoms with van der Waals surface area (Å²) in [6.07, 6.45) is 8.27. The third kappa shape index (κ3) is 5.88. The molecule has 0 bridgehead atoms. The van der Waals surface area contributed by atoms with Crippen LogP contribution in [0.2, 0.25) is 0 Å². The molecule has 0 saturated carbocycles. The fourth-order valence-corrected chi connectivity index (χ4v) is 6.46. The maximum absolute atomic E-state index is 12.3. The lowest BCUT2D eigenvalue weighted by Crippen LogP contribution is -2.64. The maximum atomic E-state index is 12.3. The zero-order chi connectivity index (χ0) is 21.6. The van der Waals surface area contributed by atoms with Gasteiger partial charge in [-0.2, -0.15) is 0 Å². The summed E-state index contributed by atoms with van der Waals surface area (Å²) in [5.41, 5.74) is 1.43. The number of amides is 1. The van der Waals surface area contributed by atoms with Crippen LogP contribution in [-0.4, -0.2) is 79.5 Å². The number of likely N-dealkylation sites (N-methyl/N-ethyl adjacent to an activating group) is 1. The number of likely N-dealkylation sites (tertiary alicyclic amines) is 1. The smallest absolute Gasteiger partial charge is 0.220 e. The van der Waals surface area contributed by atoms with Crippen molar-refractivity contribution in [1.29, 1.82) is 0 Å². The van der Waals surface area contributed by atoms with Crippen molar-refractivity contribution in [3.8, 4) is 0 Å². The van der Waals surface area contributed by atoms with Gasteiger partial charge in [-0.1, -0.05) is 30.3 Å². The molecule has 31 heavy (non-hydrogen) atoms. The number of rotatable bonds is 9. The average molecular weight is 427 g/mol. The zero-order valence-electron chi connectivity index (χ0n) is 19.6. The summed E-state index contributed by atoms with van der Waals surface area (Å²) >= 11 is 0. The lowest BCUT2D eigenvalue weighted by atomic mass is 9.69. The Morgan fingerprint density at radius 2 is 1.90 bits per heavy atom. The third-order valence-corrected chi connectivity index (χ3v) is 7.79. The standard InChI is InChI=1S/C26H42N4O/c1-28(2)18-15-27-25(31)14-6-13-24-23-12-8-17-29-16-7-11-22(26(23)29)20-30(24)19-21-9-4-3-5-10-21/h3-5,9-10,22-24,26H,6-8,11-20H2,1-2H3,(H,27,31)/t22-,23+,24+,26-/m0/s1. The van der Waals surface area contributed by atoms with Crippen molar-refractivity contribution in [3.05, 3.63) is 35.9 Å². The molecule has 0 unspecified atom stereocenters. The summed E-state index contributed by atoms with van der Waals surface area (Å²) in [5.74, 6) is 1.81. The minimum Gasteiger partial charge on any atom is -0.355 e. The van der Waals surface area contributed by atoms with Crippen molar-refractivity contribution in [3.63, 3.8) is 0 Å². The summed E-state index contributed by atoms with van der Waals surface area (Å²) in [6, 6.07) is 12.4. The quantitative estimate of drug-likeness (QED) is 0.658. The largest absolute Gasteiger partial charge is 0.355 e. The van der Waals surface area contributed by atoms with Gasteiger partial charge in [-0.15, -0.1) is 0 Å². The van der Waals surface area contributed by atoms with Crippen LogP contribution in [0, 0.1) is 11.8 Å². The van der Waals surface area contributed by atoms with Crippen LogP contribution in [0.3, 0.4) is 0 Å². The number of nitrogens with one attached hydrogen (secondary N) is 1. The number of hydrogen-bond donors (Lipinski definition) is 1. The highest BCUT2D eigenvalue weighted by molar-refractivity contribution is 5.75. The number of carbonyl (C=O) groups is 1. The van der Waals surface area contributed by atoms with Crippen molar-refractivity contribution in [2.24, 2.45) is 11.8 Å². The lowest BCUT2D eigenvalue weighted by molar-refractivity contribution is -0.121. The van der Waals surface area contributed by atoms with Gasteiger partial charge in [-0.25, -0.2) is 0 Å². The van der Waals surface area contributed by atoms with E-state index >= 15 is 0 Å². The molecule has 172 valence electrons. The first-order valence-corrected chi connectivity index (χ1v) is 12.6. The number of piperidine rings is 3. The summed E-state index contributed by atoms with van der Waals surface area (Å²) in [7, 11) is 4.09. The highest BCUT2D eigenvalue weighted by Crippen LogP contribution is 2.43. The Kier molecular flexibility index (Phi) is 8.02. The Hall–Kier alpha value is -1.43. The van der Waals surface area contributed by atoms with Crippen LogP contribution in [0.25, 0.3) is 0 Å².